The fraction of sp³-hybridized carbons (Fsp3) is 0.211. The molecule has 6 heteroatoms. The molecule has 0 saturated carbocycles. The van der Waals surface area contributed by atoms with E-state index >= 15 is 0 Å². The molecule has 128 valence electrons. The number of rotatable bonds is 6. The highest BCUT2D eigenvalue weighted by Gasteiger charge is 2.08. The lowest BCUT2D eigenvalue weighted by Crippen LogP contribution is -2.00. The second-order valence-corrected chi connectivity index (χ2v) is 5.39. The van der Waals surface area contributed by atoms with Gasteiger partial charge in [0.2, 0.25) is 0 Å². The molecule has 0 radical (unpaired) electrons. The highest BCUT2D eigenvalue weighted by molar-refractivity contribution is 5.66. The molecule has 0 spiro atoms. The largest absolute Gasteiger partial charge is 0.497 e. The summed E-state index contributed by atoms with van der Waals surface area (Å²) in [7, 11) is 3.16. The summed E-state index contributed by atoms with van der Waals surface area (Å²) in [6.07, 6.45) is 5.18. The predicted octanol–water partition coefficient (Wildman–Crippen LogP) is 3.44. The maximum absolute atomic E-state index is 5.94. The van der Waals surface area contributed by atoms with E-state index in [4.69, 9.17) is 14.2 Å². The minimum absolute atomic E-state index is 0.329. The van der Waals surface area contributed by atoms with Crippen molar-refractivity contribution in [3.05, 3.63) is 60.2 Å². The molecule has 0 amide bonds. The lowest BCUT2D eigenvalue weighted by molar-refractivity contribution is 0.302. The third kappa shape index (κ3) is 4.03. The van der Waals surface area contributed by atoms with Crippen molar-refractivity contribution in [3.63, 3.8) is 0 Å². The molecule has 0 aliphatic heterocycles. The van der Waals surface area contributed by atoms with Crippen LogP contribution in [0.3, 0.4) is 0 Å². The number of aryl methyl sites for hydroxylation is 1. The van der Waals surface area contributed by atoms with Crippen LogP contribution in [0, 0.1) is 6.92 Å². The van der Waals surface area contributed by atoms with Gasteiger partial charge in [-0.15, -0.1) is 0 Å². The van der Waals surface area contributed by atoms with Gasteiger partial charge >= 0.3 is 6.01 Å². The Morgan fingerprint density at radius 2 is 1.64 bits per heavy atom. The molecule has 0 atom stereocenters. The highest BCUT2D eigenvalue weighted by Crippen LogP contribution is 2.30. The lowest BCUT2D eigenvalue weighted by atomic mass is 10.1. The first-order valence-corrected chi connectivity index (χ1v) is 7.78. The quantitative estimate of drug-likeness (QED) is 0.686. The van der Waals surface area contributed by atoms with Gasteiger partial charge in [0.25, 0.3) is 0 Å². The van der Waals surface area contributed by atoms with Crippen LogP contribution >= 0.6 is 0 Å². The van der Waals surface area contributed by atoms with E-state index in [9.17, 15) is 0 Å². The second kappa shape index (κ2) is 7.61. The van der Waals surface area contributed by atoms with Gasteiger partial charge in [-0.25, -0.2) is 9.97 Å². The molecule has 3 rings (SSSR count). The molecule has 0 unspecified atom stereocenters. The lowest BCUT2D eigenvalue weighted by Gasteiger charge is -2.12. The monoisotopic (exact) mass is 337 g/mol. The van der Waals surface area contributed by atoms with E-state index in [0.29, 0.717) is 24.1 Å². The van der Waals surface area contributed by atoms with Gasteiger partial charge < -0.3 is 14.2 Å². The van der Waals surface area contributed by atoms with E-state index in [1.54, 1.807) is 25.7 Å². The van der Waals surface area contributed by atoms with E-state index in [1.807, 2.05) is 37.3 Å². The molecule has 3 aromatic rings. The van der Waals surface area contributed by atoms with Crippen LogP contribution in [0.2, 0.25) is 0 Å². The van der Waals surface area contributed by atoms with Crippen molar-refractivity contribution in [2.24, 2.45) is 0 Å². The number of methoxy groups -OCH3 is 2. The minimum Gasteiger partial charge on any atom is -0.497 e. The van der Waals surface area contributed by atoms with Crippen molar-refractivity contribution < 1.29 is 14.2 Å². The zero-order chi connectivity index (χ0) is 17.6. The van der Waals surface area contributed by atoms with Crippen LogP contribution in [-0.4, -0.2) is 29.2 Å². The summed E-state index contributed by atoms with van der Waals surface area (Å²) in [6, 6.07) is 9.92. The molecule has 0 bridgehead atoms. The summed E-state index contributed by atoms with van der Waals surface area (Å²) in [5, 5.41) is 0. The smallest absolute Gasteiger partial charge is 0.316 e. The van der Waals surface area contributed by atoms with Gasteiger partial charge in [0, 0.05) is 41.5 Å². The van der Waals surface area contributed by atoms with Gasteiger partial charge in [-0.1, -0.05) is 6.07 Å². The molecule has 0 saturated heterocycles. The molecular formula is C19H19N3O3. The van der Waals surface area contributed by atoms with Gasteiger partial charge in [0.15, 0.2) is 0 Å². The number of benzene rings is 1. The van der Waals surface area contributed by atoms with Gasteiger partial charge in [-0.3, -0.25) is 4.98 Å². The first kappa shape index (κ1) is 16.7. The van der Waals surface area contributed by atoms with Gasteiger partial charge in [-0.2, -0.15) is 0 Å². The Hall–Kier alpha value is -3.15. The Bertz CT molecular complexity index is 851. The van der Waals surface area contributed by atoms with E-state index in [0.717, 1.165) is 22.4 Å². The van der Waals surface area contributed by atoms with E-state index in [1.165, 1.54) is 7.11 Å². The van der Waals surface area contributed by atoms with Crippen LogP contribution in [-0.2, 0) is 6.61 Å². The molecule has 0 aliphatic carbocycles. The summed E-state index contributed by atoms with van der Waals surface area (Å²) >= 11 is 0. The van der Waals surface area contributed by atoms with Crippen LogP contribution in [0.15, 0.2) is 48.9 Å². The molecule has 2 heterocycles. The normalized spacial score (nSPS) is 10.4. The third-order valence-corrected chi connectivity index (χ3v) is 3.77. The topological polar surface area (TPSA) is 66.4 Å². The van der Waals surface area contributed by atoms with Crippen LogP contribution < -0.4 is 14.2 Å². The molecule has 6 nitrogen and oxygen atoms in total. The van der Waals surface area contributed by atoms with Crippen molar-refractivity contribution >= 4 is 0 Å². The average molecular weight is 337 g/mol. The Labute approximate surface area is 146 Å². The van der Waals surface area contributed by atoms with E-state index in [-0.39, 0.29) is 0 Å². The van der Waals surface area contributed by atoms with Gasteiger partial charge in [-0.05, 0) is 30.7 Å². The molecular weight excluding hydrogens is 318 g/mol. The number of nitrogens with zero attached hydrogens (tertiary/aromatic N) is 3. The molecule has 25 heavy (non-hydrogen) atoms. The second-order valence-electron chi connectivity index (χ2n) is 5.39. The van der Waals surface area contributed by atoms with Crippen molar-refractivity contribution in [2.45, 2.75) is 13.5 Å². The SMILES string of the molecule is COc1cc(OCc2cccnc2C)cc(-c2cnc(OC)nc2)c1. The fourth-order valence-electron chi connectivity index (χ4n) is 2.34. The first-order valence-electron chi connectivity index (χ1n) is 7.78. The van der Waals surface area contributed by atoms with Crippen LogP contribution in [0.4, 0.5) is 0 Å². The minimum atomic E-state index is 0.329. The number of pyridine rings is 1. The van der Waals surface area contributed by atoms with Crippen molar-refractivity contribution in [3.8, 4) is 28.6 Å². The molecule has 0 fully saturated rings. The number of ether oxygens (including phenoxy) is 3. The standard InChI is InChI=1S/C19H19N3O3/c1-13-14(5-4-6-20-13)12-25-18-8-15(7-17(9-18)23-2)16-10-21-19(24-3)22-11-16/h4-11H,12H2,1-3H3. The molecule has 2 aromatic heterocycles. The zero-order valence-electron chi connectivity index (χ0n) is 14.4. The Morgan fingerprint density at radius 1 is 0.880 bits per heavy atom. The summed E-state index contributed by atoms with van der Waals surface area (Å²) in [5.74, 6) is 1.40. The highest BCUT2D eigenvalue weighted by atomic mass is 16.5. The van der Waals surface area contributed by atoms with Gasteiger partial charge in [0.05, 0.1) is 14.2 Å². The van der Waals surface area contributed by atoms with Crippen LogP contribution in [0.5, 0.6) is 17.5 Å². The molecule has 0 aliphatic rings. The summed E-state index contributed by atoms with van der Waals surface area (Å²) < 4.78 is 16.3. The fourth-order valence-corrected chi connectivity index (χ4v) is 2.34. The summed E-state index contributed by atoms with van der Waals surface area (Å²) in [5.41, 5.74) is 3.75. The van der Waals surface area contributed by atoms with Crippen LogP contribution in [0.1, 0.15) is 11.3 Å². The first-order chi connectivity index (χ1) is 12.2. The Balaban J connectivity index is 1.85. The summed E-state index contributed by atoms with van der Waals surface area (Å²) in [6.45, 7) is 2.40. The number of aromatic nitrogens is 3. The Morgan fingerprint density at radius 3 is 2.32 bits per heavy atom. The van der Waals surface area contributed by atoms with Crippen molar-refractivity contribution in [1.29, 1.82) is 0 Å². The Kier molecular flexibility index (Phi) is 5.09. The molecule has 0 N–H and O–H groups in total. The summed E-state index contributed by atoms with van der Waals surface area (Å²) in [4.78, 5) is 12.6. The third-order valence-electron chi connectivity index (χ3n) is 3.77. The van der Waals surface area contributed by atoms with Crippen molar-refractivity contribution in [2.75, 3.05) is 14.2 Å². The van der Waals surface area contributed by atoms with Crippen molar-refractivity contribution in [1.82, 2.24) is 15.0 Å². The zero-order valence-corrected chi connectivity index (χ0v) is 14.4. The van der Waals surface area contributed by atoms with Gasteiger partial charge in [0.1, 0.15) is 18.1 Å². The maximum atomic E-state index is 5.94. The van der Waals surface area contributed by atoms with E-state index < -0.39 is 0 Å². The molecule has 1 aromatic carbocycles. The number of hydrogen-bond acceptors (Lipinski definition) is 6. The van der Waals surface area contributed by atoms with Crippen LogP contribution in [0.25, 0.3) is 11.1 Å². The van der Waals surface area contributed by atoms with E-state index in [2.05, 4.69) is 15.0 Å². The average Bonchev–Trinajstić information content (AvgIpc) is 2.67. The maximum Gasteiger partial charge on any atom is 0.316 e. The number of hydrogen-bond donors (Lipinski definition) is 0. The predicted molar refractivity (Wildman–Crippen MR) is 93.9 cm³/mol.